The number of phenolic OH excluding ortho intramolecular Hbond substituents is 4. The number of benzene rings is 6. The van der Waals surface area contributed by atoms with Gasteiger partial charge in [0.15, 0.2) is 22.9 Å². The van der Waals surface area contributed by atoms with Crippen molar-refractivity contribution in [2.75, 3.05) is 14.2 Å². The Morgan fingerprint density at radius 2 is 1.01 bits per heavy atom. The van der Waals surface area contributed by atoms with Gasteiger partial charge in [0.25, 0.3) is 21.5 Å². The van der Waals surface area contributed by atoms with Gasteiger partial charge in [0.1, 0.15) is 60.4 Å². The summed E-state index contributed by atoms with van der Waals surface area (Å²) in [6.45, 7) is 1.80. The van der Waals surface area contributed by atoms with Gasteiger partial charge in [0, 0.05) is 87.6 Å². The SMILES string of the molecule is COc1cc(N=Nc2cc(C)ccc2O)c(O)cc1N=[N+](O)c1ccc(/C=C/c2ccc([N+](O)=Nc3cc(O)c(N=Nc4cc(SOOO)ccc4O)cc3OC)cc2S(=O)(=O)O)c(SOOO)c1.[Cu].[Cu]. The molecule has 2 radical (unpaired) electrons. The van der Waals surface area contributed by atoms with Gasteiger partial charge in [0.2, 0.25) is 0 Å². The van der Waals surface area contributed by atoms with Crippen LogP contribution in [0.4, 0.5) is 45.5 Å². The minimum atomic E-state index is -4.98. The molecule has 0 aliphatic carbocycles. The summed E-state index contributed by atoms with van der Waals surface area (Å²) >= 11 is 1.07. The van der Waals surface area contributed by atoms with Crippen LogP contribution < -0.4 is 9.47 Å². The molecule has 0 unspecified atom stereocenters. The number of rotatable bonds is 19. The number of methoxy groups -OCH3 is 2. The quantitative estimate of drug-likeness (QED) is 0.00532. The fourth-order valence-electron chi connectivity index (χ4n) is 5.77. The van der Waals surface area contributed by atoms with Crippen LogP contribution in [0.1, 0.15) is 16.7 Å². The third-order valence-electron chi connectivity index (χ3n) is 9.06. The summed E-state index contributed by atoms with van der Waals surface area (Å²) in [6.07, 6.45) is 2.66. The minimum absolute atomic E-state index is 0. The zero-order valence-corrected chi connectivity index (χ0v) is 40.4. The summed E-state index contributed by atoms with van der Waals surface area (Å²) in [7, 11) is -2.42. The van der Waals surface area contributed by atoms with Crippen LogP contribution in [0.5, 0.6) is 34.5 Å². The van der Waals surface area contributed by atoms with Crippen molar-refractivity contribution in [3.8, 4) is 34.5 Å². The molecule has 0 saturated carbocycles. The second-order valence-electron chi connectivity index (χ2n) is 13.6. The molecule has 0 aliphatic rings. The van der Waals surface area contributed by atoms with E-state index in [1.807, 2.05) is 0 Å². The first-order valence-electron chi connectivity index (χ1n) is 18.9. The van der Waals surface area contributed by atoms with Crippen LogP contribution in [-0.4, -0.2) is 78.3 Å². The Morgan fingerprint density at radius 3 is 1.54 bits per heavy atom. The number of nitrogens with zero attached hydrogens (tertiary/aromatic N) is 8. The van der Waals surface area contributed by atoms with Gasteiger partial charge in [-0.05, 0) is 66.1 Å². The zero-order valence-electron chi connectivity index (χ0n) is 36.1. The normalized spacial score (nSPS) is 12.1. The van der Waals surface area contributed by atoms with Crippen molar-refractivity contribution >= 4 is 91.9 Å². The molecule has 0 bridgehead atoms. The van der Waals surface area contributed by atoms with Crippen molar-refractivity contribution in [1.82, 2.24) is 0 Å². The molecule has 6 rings (SSSR count). The summed E-state index contributed by atoms with van der Waals surface area (Å²) in [4.78, 5) is 0.504. The van der Waals surface area contributed by atoms with Crippen molar-refractivity contribution in [2.24, 2.45) is 30.7 Å². The maximum absolute atomic E-state index is 12.6. The molecule has 6 aromatic rings. The molecule has 0 saturated heterocycles. The molecular weight excluding hydrogens is 1100 g/mol. The van der Waals surface area contributed by atoms with Crippen LogP contribution in [0.25, 0.3) is 12.2 Å². The van der Waals surface area contributed by atoms with Crippen molar-refractivity contribution in [2.45, 2.75) is 21.6 Å². The Labute approximate surface area is 430 Å². The molecule has 0 fully saturated rings. The predicted octanol–water partition coefficient (Wildman–Crippen LogP) is 11.6. The molecule has 6 aromatic carbocycles. The van der Waals surface area contributed by atoms with E-state index < -0.39 is 26.5 Å². The topological polar surface area (TPSA) is 352 Å². The monoisotopic (exact) mass is 1130 g/mol. The number of phenols is 4. The van der Waals surface area contributed by atoms with Crippen molar-refractivity contribution in [3.63, 3.8) is 0 Å². The summed E-state index contributed by atoms with van der Waals surface area (Å²) in [5.41, 5.74) is 0.388. The van der Waals surface area contributed by atoms with E-state index in [9.17, 15) is 43.8 Å². The van der Waals surface area contributed by atoms with E-state index in [0.29, 0.717) is 33.8 Å². The summed E-state index contributed by atoms with van der Waals surface area (Å²) in [5.74, 6) is -1.33. The average molecular weight is 1140 g/mol. The molecule has 380 valence electrons. The van der Waals surface area contributed by atoms with Crippen LogP contribution in [-0.2, 0) is 63.0 Å². The number of ether oxygens (including phenoxy) is 2. The third kappa shape index (κ3) is 14.9. The van der Waals surface area contributed by atoms with E-state index in [4.69, 9.17) is 20.0 Å². The third-order valence-corrected chi connectivity index (χ3v) is 11.2. The van der Waals surface area contributed by atoms with E-state index in [2.05, 4.69) is 49.4 Å². The van der Waals surface area contributed by atoms with Gasteiger partial charge in [-0.1, -0.05) is 28.3 Å². The smallest absolute Gasteiger partial charge is 0.295 e. The van der Waals surface area contributed by atoms with Gasteiger partial charge in [-0.3, -0.25) is 15.0 Å². The standard InChI is InChI=1S/C41H34N8O17S3.2Cu/c1-22-4-12-34(50)28(14-22)42-44-30-20-38(61-2)32(18-36(30)52)46-48(54)25-9-7-23(40(15-25)68-66-64-57)5-6-24-8-10-26(16-41(24)69(58,59)60)49(55)47-33-19-37(53)31(21-39(33)62-3)45-43-29-17-27(67-65-63-56)11-13-35(29)51;;/h4-21,54-55H,1-3H3,(H5,46,47,52,53,56,57,58,59,60);;/p+2/b6-5+;;. The summed E-state index contributed by atoms with van der Waals surface area (Å²) in [5, 5.41) is 112. The first-order valence-corrected chi connectivity index (χ1v) is 21.9. The van der Waals surface area contributed by atoms with Crippen molar-refractivity contribution < 1.29 is 126 Å². The van der Waals surface area contributed by atoms with Gasteiger partial charge in [-0.25, -0.2) is 10.5 Å². The second-order valence-corrected chi connectivity index (χ2v) is 16.5. The second kappa shape index (κ2) is 25.9. The maximum atomic E-state index is 12.6. The van der Waals surface area contributed by atoms with Crippen LogP contribution in [0.2, 0.25) is 0 Å². The van der Waals surface area contributed by atoms with E-state index in [-0.39, 0.29) is 124 Å². The Bertz CT molecular complexity index is 3170. The summed E-state index contributed by atoms with van der Waals surface area (Å²) in [6, 6.07) is 20.9. The molecule has 0 spiro atoms. The van der Waals surface area contributed by atoms with Gasteiger partial charge in [0.05, 0.1) is 53.4 Å². The molecular formula is C41H36Cu2N8O17S3+2. The minimum Gasteiger partial charge on any atom is -0.506 e. The largest absolute Gasteiger partial charge is 0.506 e. The van der Waals surface area contributed by atoms with Crippen molar-refractivity contribution in [3.05, 3.63) is 114 Å². The number of aromatic hydroxyl groups is 4. The maximum Gasteiger partial charge on any atom is 0.295 e. The molecule has 0 aliphatic heterocycles. The van der Waals surface area contributed by atoms with Crippen molar-refractivity contribution in [1.29, 1.82) is 0 Å². The predicted molar refractivity (Wildman–Crippen MR) is 239 cm³/mol. The molecule has 0 atom stereocenters. The van der Waals surface area contributed by atoms with E-state index >= 15 is 0 Å². The number of azo groups is 4. The zero-order chi connectivity index (χ0) is 49.8. The molecule has 71 heavy (non-hydrogen) atoms. The fraction of sp³-hybridized carbons (Fsp3) is 0.0732. The summed E-state index contributed by atoms with van der Waals surface area (Å²) < 4.78 is 55.2. The Balaban J connectivity index is 0.00000548. The Kier molecular flexibility index (Phi) is 20.8. The molecule has 0 aromatic heterocycles. The Hall–Kier alpha value is -6.73. The molecule has 30 heteroatoms. The first-order chi connectivity index (χ1) is 33.0. The van der Waals surface area contributed by atoms with Gasteiger partial charge in [-0.2, -0.15) is 8.42 Å². The van der Waals surface area contributed by atoms with Gasteiger partial charge < -0.3 is 29.9 Å². The van der Waals surface area contributed by atoms with Crippen LogP contribution >= 0.6 is 24.1 Å². The molecule has 25 nitrogen and oxygen atoms in total. The molecule has 0 heterocycles. The Morgan fingerprint density at radius 1 is 0.549 bits per heavy atom. The van der Waals surface area contributed by atoms with Crippen LogP contribution in [0.3, 0.4) is 0 Å². The van der Waals surface area contributed by atoms with Crippen LogP contribution in [0.15, 0.2) is 142 Å². The van der Waals surface area contributed by atoms with Crippen LogP contribution in [0, 0.1) is 6.92 Å². The fourth-order valence-corrected chi connectivity index (χ4v) is 7.37. The average Bonchev–Trinajstić information content (AvgIpc) is 3.32. The first kappa shape index (κ1) is 56.9. The number of hydrogen-bond donors (Lipinski definition) is 9. The van der Waals surface area contributed by atoms with Gasteiger partial charge >= 0.3 is 0 Å². The molecule has 9 N–H and O–H groups in total. The van der Waals surface area contributed by atoms with Gasteiger partial charge in [-0.15, -0.1) is 29.1 Å². The van der Waals surface area contributed by atoms with E-state index in [1.165, 1.54) is 93.1 Å². The number of aryl methyl sites for hydroxylation is 1. The van der Waals surface area contributed by atoms with E-state index in [0.717, 1.165) is 23.8 Å². The number of hydrogen-bond acceptors (Lipinski definition) is 22. The van der Waals surface area contributed by atoms with E-state index in [1.54, 1.807) is 19.1 Å². The molecule has 0 amide bonds.